The number of rotatable bonds is 4. The van der Waals surface area contributed by atoms with Crippen molar-refractivity contribution in [2.24, 2.45) is 0 Å². The van der Waals surface area contributed by atoms with Gasteiger partial charge in [0.2, 0.25) is 5.91 Å². The molecule has 8 heteroatoms. The predicted octanol–water partition coefficient (Wildman–Crippen LogP) is 2.21. The minimum absolute atomic E-state index is 0.115. The number of ether oxygens (including phenoxy) is 3. The van der Waals surface area contributed by atoms with Crippen LogP contribution in [0.3, 0.4) is 0 Å². The van der Waals surface area contributed by atoms with Crippen molar-refractivity contribution in [1.29, 1.82) is 0 Å². The molecule has 3 aliphatic heterocycles. The standard InChI is InChI=1S/C23H30N4O4/c1-16(28)26-7-5-18(6-8-26)24-12-19-13-27-14-20(25-23(27)15-31-19)17-3-4-21-22(11-17)30-10-2-9-29-21/h3-4,11,14,18-19,24H,2,5-10,12-13,15H2,1H3/t19-/m0/s1. The summed E-state index contributed by atoms with van der Waals surface area (Å²) >= 11 is 0. The van der Waals surface area contributed by atoms with Gasteiger partial charge in [0.25, 0.3) is 0 Å². The summed E-state index contributed by atoms with van der Waals surface area (Å²) in [5.41, 5.74) is 1.96. The molecule has 4 heterocycles. The number of piperidine rings is 1. The van der Waals surface area contributed by atoms with E-state index in [-0.39, 0.29) is 12.0 Å². The number of carbonyl (C=O) groups is 1. The maximum absolute atomic E-state index is 11.5. The summed E-state index contributed by atoms with van der Waals surface area (Å²) in [5.74, 6) is 2.71. The summed E-state index contributed by atoms with van der Waals surface area (Å²) in [4.78, 5) is 18.2. The van der Waals surface area contributed by atoms with E-state index in [0.29, 0.717) is 25.9 Å². The molecule has 8 nitrogen and oxygen atoms in total. The number of likely N-dealkylation sites (tertiary alicyclic amines) is 1. The minimum atomic E-state index is 0.115. The second kappa shape index (κ2) is 8.88. The molecular weight excluding hydrogens is 396 g/mol. The molecule has 0 aliphatic carbocycles. The number of amides is 1. The number of nitrogens with one attached hydrogen (secondary N) is 1. The molecule has 1 saturated heterocycles. The van der Waals surface area contributed by atoms with Gasteiger partial charge in [0.05, 0.1) is 31.6 Å². The van der Waals surface area contributed by atoms with Gasteiger partial charge in [-0.1, -0.05) is 0 Å². The number of fused-ring (bicyclic) bond motifs is 2. The van der Waals surface area contributed by atoms with Crippen LogP contribution in [-0.4, -0.2) is 65.4 Å². The molecule has 1 fully saturated rings. The summed E-state index contributed by atoms with van der Waals surface area (Å²) in [5, 5.41) is 3.63. The number of carbonyl (C=O) groups excluding carboxylic acids is 1. The van der Waals surface area contributed by atoms with Crippen LogP contribution in [0.4, 0.5) is 0 Å². The number of imidazole rings is 1. The largest absolute Gasteiger partial charge is 0.490 e. The number of hydrogen-bond acceptors (Lipinski definition) is 6. The molecule has 1 aromatic heterocycles. The Morgan fingerprint density at radius 2 is 2.00 bits per heavy atom. The van der Waals surface area contributed by atoms with Crippen LogP contribution >= 0.6 is 0 Å². The number of hydrogen-bond donors (Lipinski definition) is 1. The second-order valence-corrected chi connectivity index (χ2v) is 8.53. The van der Waals surface area contributed by atoms with Crippen molar-refractivity contribution in [2.75, 3.05) is 32.8 Å². The van der Waals surface area contributed by atoms with Gasteiger partial charge in [0, 0.05) is 50.8 Å². The average molecular weight is 427 g/mol. The summed E-state index contributed by atoms with van der Waals surface area (Å²) < 4.78 is 19.8. The summed E-state index contributed by atoms with van der Waals surface area (Å²) in [7, 11) is 0. The van der Waals surface area contributed by atoms with Crippen molar-refractivity contribution in [2.45, 2.75) is 51.5 Å². The van der Waals surface area contributed by atoms with Gasteiger partial charge in [0.1, 0.15) is 12.4 Å². The monoisotopic (exact) mass is 426 g/mol. The number of nitrogens with zero attached hydrogens (tertiary/aromatic N) is 3. The molecule has 3 aliphatic rings. The third-order valence-corrected chi connectivity index (χ3v) is 6.33. The Balaban J connectivity index is 1.19. The van der Waals surface area contributed by atoms with Crippen LogP contribution < -0.4 is 14.8 Å². The fourth-order valence-electron chi connectivity index (χ4n) is 4.47. The predicted molar refractivity (Wildman–Crippen MR) is 115 cm³/mol. The first-order valence-electron chi connectivity index (χ1n) is 11.2. The van der Waals surface area contributed by atoms with Crippen LogP contribution in [-0.2, 0) is 22.7 Å². The van der Waals surface area contributed by atoms with Crippen LogP contribution in [0.25, 0.3) is 11.3 Å². The lowest BCUT2D eigenvalue weighted by Gasteiger charge is -2.33. The molecule has 1 amide bonds. The molecule has 5 rings (SSSR count). The van der Waals surface area contributed by atoms with Gasteiger partial charge in [-0.2, -0.15) is 0 Å². The highest BCUT2D eigenvalue weighted by atomic mass is 16.5. The van der Waals surface area contributed by atoms with Gasteiger partial charge in [-0.05, 0) is 31.0 Å². The second-order valence-electron chi connectivity index (χ2n) is 8.53. The highest BCUT2D eigenvalue weighted by Gasteiger charge is 2.25. The van der Waals surface area contributed by atoms with E-state index in [2.05, 4.69) is 16.1 Å². The van der Waals surface area contributed by atoms with Gasteiger partial charge < -0.3 is 29.0 Å². The number of benzene rings is 1. The van der Waals surface area contributed by atoms with E-state index in [9.17, 15) is 4.79 Å². The molecule has 1 N–H and O–H groups in total. The Morgan fingerprint density at radius 1 is 1.19 bits per heavy atom. The molecule has 0 radical (unpaired) electrons. The van der Waals surface area contributed by atoms with E-state index < -0.39 is 0 Å². The maximum Gasteiger partial charge on any atom is 0.219 e. The first kappa shape index (κ1) is 20.3. The van der Waals surface area contributed by atoms with Crippen molar-refractivity contribution >= 4 is 5.91 Å². The highest BCUT2D eigenvalue weighted by Crippen LogP contribution is 2.34. The maximum atomic E-state index is 11.5. The van der Waals surface area contributed by atoms with Crippen LogP contribution in [0.2, 0.25) is 0 Å². The summed E-state index contributed by atoms with van der Waals surface area (Å²) in [6, 6.07) is 6.47. The number of aromatic nitrogens is 2. The van der Waals surface area contributed by atoms with E-state index in [1.807, 2.05) is 23.1 Å². The Hall–Kier alpha value is -2.58. The van der Waals surface area contributed by atoms with Crippen LogP contribution in [0, 0.1) is 0 Å². The van der Waals surface area contributed by atoms with Gasteiger partial charge in [-0.3, -0.25) is 4.79 Å². The Morgan fingerprint density at radius 3 is 2.81 bits per heavy atom. The van der Waals surface area contributed by atoms with Gasteiger partial charge >= 0.3 is 0 Å². The first-order chi connectivity index (χ1) is 15.2. The van der Waals surface area contributed by atoms with Crippen molar-refractivity contribution in [3.63, 3.8) is 0 Å². The quantitative estimate of drug-likeness (QED) is 0.808. The molecule has 31 heavy (non-hydrogen) atoms. The highest BCUT2D eigenvalue weighted by molar-refractivity contribution is 5.73. The van der Waals surface area contributed by atoms with Crippen molar-refractivity contribution in [3.05, 3.63) is 30.2 Å². The first-order valence-corrected chi connectivity index (χ1v) is 11.2. The van der Waals surface area contributed by atoms with E-state index in [1.54, 1.807) is 6.92 Å². The SMILES string of the molecule is CC(=O)N1CCC(NC[C@H]2Cn3cc(-c4ccc5c(c4)OCCCO5)nc3CO2)CC1. The third-order valence-electron chi connectivity index (χ3n) is 6.33. The lowest BCUT2D eigenvalue weighted by molar-refractivity contribution is -0.129. The molecule has 0 spiro atoms. The molecule has 166 valence electrons. The van der Waals surface area contributed by atoms with Crippen LogP contribution in [0.15, 0.2) is 24.4 Å². The zero-order valence-electron chi connectivity index (χ0n) is 18.0. The Kier molecular flexibility index (Phi) is 5.82. The normalized spacial score (nSPS) is 21.5. The molecule has 2 aromatic rings. The zero-order valence-corrected chi connectivity index (χ0v) is 18.0. The smallest absolute Gasteiger partial charge is 0.219 e. The topological polar surface area (TPSA) is 77.9 Å². The Bertz CT molecular complexity index is 936. The summed E-state index contributed by atoms with van der Waals surface area (Å²) in [6.07, 6.45) is 5.11. The van der Waals surface area contributed by atoms with Gasteiger partial charge in [0.15, 0.2) is 11.5 Å². The third kappa shape index (κ3) is 4.55. The van der Waals surface area contributed by atoms with Gasteiger partial charge in [-0.15, -0.1) is 0 Å². The fourth-order valence-corrected chi connectivity index (χ4v) is 4.47. The van der Waals surface area contributed by atoms with Crippen molar-refractivity contribution < 1.29 is 19.0 Å². The molecule has 0 unspecified atom stereocenters. The molecule has 1 aromatic carbocycles. The van der Waals surface area contributed by atoms with E-state index in [4.69, 9.17) is 19.2 Å². The molecule has 0 bridgehead atoms. The molecular formula is C23H30N4O4. The van der Waals surface area contributed by atoms with Gasteiger partial charge in [-0.25, -0.2) is 4.98 Å². The lowest BCUT2D eigenvalue weighted by Crippen LogP contribution is -2.47. The molecule has 0 saturated carbocycles. The molecule has 1 atom stereocenters. The zero-order chi connectivity index (χ0) is 21.2. The Labute approximate surface area is 182 Å². The van der Waals surface area contributed by atoms with Crippen LogP contribution in [0.5, 0.6) is 11.5 Å². The fraction of sp³-hybridized carbons (Fsp3) is 0.565. The average Bonchev–Trinajstić information content (AvgIpc) is 3.07. The van der Waals surface area contributed by atoms with E-state index in [1.165, 1.54) is 0 Å². The van der Waals surface area contributed by atoms with E-state index in [0.717, 1.165) is 74.0 Å². The van der Waals surface area contributed by atoms with Crippen molar-refractivity contribution in [1.82, 2.24) is 19.8 Å². The summed E-state index contributed by atoms with van der Waals surface area (Å²) in [6.45, 7) is 6.78. The van der Waals surface area contributed by atoms with Crippen LogP contribution in [0.1, 0.15) is 32.0 Å². The van der Waals surface area contributed by atoms with E-state index >= 15 is 0 Å². The lowest BCUT2D eigenvalue weighted by atomic mass is 10.0. The minimum Gasteiger partial charge on any atom is -0.490 e. The van der Waals surface area contributed by atoms with Crippen molar-refractivity contribution in [3.8, 4) is 22.8 Å².